The van der Waals surface area contributed by atoms with Gasteiger partial charge < -0.3 is 4.98 Å². The van der Waals surface area contributed by atoms with Gasteiger partial charge in [0.25, 0.3) is 16.9 Å². The molecular weight excluding hydrogens is 372 g/mol. The van der Waals surface area contributed by atoms with Crippen LogP contribution in [0.1, 0.15) is 16.2 Å². The van der Waals surface area contributed by atoms with Crippen molar-refractivity contribution in [3.63, 3.8) is 0 Å². The molecule has 2 aromatic carbocycles. The number of fused-ring (bicyclic) bond motifs is 1. The van der Waals surface area contributed by atoms with Gasteiger partial charge in [-0.3, -0.25) is 29.8 Å². The molecule has 0 spiro atoms. The highest BCUT2D eigenvalue weighted by atomic mass is 16.6. The molecule has 12 heteroatoms. The molecule has 3 aromatic rings. The molecule has 0 atom stereocenters. The molecular formula is C16H10N6O6. The van der Waals surface area contributed by atoms with E-state index in [4.69, 9.17) is 0 Å². The Morgan fingerprint density at radius 2 is 1.82 bits per heavy atom. The fourth-order valence-corrected chi connectivity index (χ4v) is 2.28. The summed E-state index contributed by atoms with van der Waals surface area (Å²) in [6.45, 7) is 0. The standard InChI is InChI=1S/C16H10N6O6/c23-15-12-7-11(22(27)28)4-5-13(12)18-14(19-15)16(24)20-17-8-9-2-1-3-10(6-9)21(25)26/h1-8H,(H,20,24)(H,18,19,23). The smallest absolute Gasteiger partial charge is 0.302 e. The van der Waals surface area contributed by atoms with Crippen molar-refractivity contribution in [2.45, 2.75) is 0 Å². The van der Waals surface area contributed by atoms with Crippen LogP contribution in [0.25, 0.3) is 10.9 Å². The lowest BCUT2D eigenvalue weighted by Crippen LogP contribution is -2.24. The summed E-state index contributed by atoms with van der Waals surface area (Å²) < 4.78 is 0. The molecule has 140 valence electrons. The number of nitro benzene ring substituents is 2. The zero-order valence-corrected chi connectivity index (χ0v) is 13.9. The van der Waals surface area contributed by atoms with Gasteiger partial charge in [0.1, 0.15) is 0 Å². The second-order valence-electron chi connectivity index (χ2n) is 5.42. The Labute approximate surface area is 154 Å². The van der Waals surface area contributed by atoms with Crippen LogP contribution in [0, 0.1) is 20.2 Å². The maximum atomic E-state index is 12.1. The Morgan fingerprint density at radius 3 is 2.54 bits per heavy atom. The predicted molar refractivity (Wildman–Crippen MR) is 97.2 cm³/mol. The summed E-state index contributed by atoms with van der Waals surface area (Å²) in [5.74, 6) is -1.18. The molecule has 0 aliphatic carbocycles. The molecule has 0 aliphatic rings. The maximum Gasteiger partial charge on any atom is 0.307 e. The van der Waals surface area contributed by atoms with Crippen LogP contribution in [0.5, 0.6) is 0 Å². The number of aromatic amines is 1. The molecule has 0 saturated heterocycles. The number of amides is 1. The van der Waals surface area contributed by atoms with Gasteiger partial charge >= 0.3 is 5.91 Å². The zero-order chi connectivity index (χ0) is 20.3. The Kier molecular flexibility index (Phi) is 4.85. The molecule has 0 fully saturated rings. The number of hydrazone groups is 1. The number of carbonyl (C=O) groups is 1. The summed E-state index contributed by atoms with van der Waals surface area (Å²) in [6.07, 6.45) is 1.19. The van der Waals surface area contributed by atoms with Crippen LogP contribution >= 0.6 is 0 Å². The number of benzene rings is 2. The van der Waals surface area contributed by atoms with E-state index < -0.39 is 21.3 Å². The minimum Gasteiger partial charge on any atom is -0.302 e. The van der Waals surface area contributed by atoms with E-state index in [9.17, 15) is 29.8 Å². The molecule has 3 rings (SSSR count). The van der Waals surface area contributed by atoms with Crippen molar-refractivity contribution in [2.75, 3.05) is 0 Å². The first-order valence-electron chi connectivity index (χ1n) is 7.61. The Hall–Kier alpha value is -4.48. The summed E-state index contributed by atoms with van der Waals surface area (Å²) in [5, 5.41) is 25.1. The number of carbonyl (C=O) groups excluding carboxylic acids is 1. The Balaban J connectivity index is 1.81. The lowest BCUT2D eigenvalue weighted by molar-refractivity contribution is -0.385. The van der Waals surface area contributed by atoms with Crippen LogP contribution in [0.15, 0.2) is 52.4 Å². The maximum absolute atomic E-state index is 12.1. The Bertz CT molecular complexity index is 1200. The SMILES string of the molecule is O=C(NN=Cc1cccc([N+](=O)[O-])c1)c1nc2ccc([N+](=O)[O-])cc2c(=O)[nH]1. The van der Waals surface area contributed by atoms with E-state index in [0.717, 1.165) is 12.1 Å². The van der Waals surface area contributed by atoms with Gasteiger partial charge in [-0.15, -0.1) is 0 Å². The number of hydrogen-bond acceptors (Lipinski definition) is 8. The quantitative estimate of drug-likeness (QED) is 0.382. The van der Waals surface area contributed by atoms with E-state index in [0.29, 0.717) is 5.56 Å². The van der Waals surface area contributed by atoms with Crippen LogP contribution in [0.3, 0.4) is 0 Å². The summed E-state index contributed by atoms with van der Waals surface area (Å²) in [7, 11) is 0. The van der Waals surface area contributed by atoms with Crippen molar-refractivity contribution in [1.29, 1.82) is 0 Å². The van der Waals surface area contributed by atoms with Crippen LogP contribution in [0.4, 0.5) is 11.4 Å². The van der Waals surface area contributed by atoms with Crippen molar-refractivity contribution < 1.29 is 14.6 Å². The van der Waals surface area contributed by atoms with Gasteiger partial charge in [-0.1, -0.05) is 12.1 Å². The second-order valence-corrected chi connectivity index (χ2v) is 5.42. The summed E-state index contributed by atoms with van der Waals surface area (Å²) >= 11 is 0. The fourth-order valence-electron chi connectivity index (χ4n) is 2.28. The van der Waals surface area contributed by atoms with Gasteiger partial charge in [0.2, 0.25) is 5.82 Å². The molecule has 1 amide bonds. The van der Waals surface area contributed by atoms with Crippen LogP contribution in [-0.4, -0.2) is 31.9 Å². The normalized spacial score (nSPS) is 10.9. The van der Waals surface area contributed by atoms with Gasteiger partial charge in [0.15, 0.2) is 0 Å². The minimum absolute atomic E-state index is 0.0363. The first-order chi connectivity index (χ1) is 13.3. The van der Waals surface area contributed by atoms with Gasteiger partial charge in [0.05, 0.1) is 27.0 Å². The van der Waals surface area contributed by atoms with Gasteiger partial charge in [-0.2, -0.15) is 5.10 Å². The fraction of sp³-hybridized carbons (Fsp3) is 0. The lowest BCUT2D eigenvalue weighted by atomic mass is 10.2. The van der Waals surface area contributed by atoms with Crippen molar-refractivity contribution in [2.24, 2.45) is 5.10 Å². The summed E-state index contributed by atoms with van der Waals surface area (Å²) in [6, 6.07) is 9.06. The van der Waals surface area contributed by atoms with Gasteiger partial charge in [-0.25, -0.2) is 10.4 Å². The van der Waals surface area contributed by atoms with E-state index >= 15 is 0 Å². The molecule has 0 radical (unpaired) electrons. The molecule has 1 aromatic heterocycles. The van der Waals surface area contributed by atoms with E-state index in [1.807, 2.05) is 0 Å². The number of non-ortho nitro benzene ring substituents is 2. The highest BCUT2D eigenvalue weighted by Gasteiger charge is 2.14. The predicted octanol–water partition coefficient (Wildman–Crippen LogP) is 1.50. The summed E-state index contributed by atoms with van der Waals surface area (Å²) in [4.78, 5) is 50.6. The molecule has 1 heterocycles. The second kappa shape index (κ2) is 7.41. The van der Waals surface area contributed by atoms with Crippen molar-refractivity contribution in [3.05, 3.63) is 84.4 Å². The highest BCUT2D eigenvalue weighted by molar-refractivity contribution is 5.93. The number of rotatable bonds is 5. The molecule has 12 nitrogen and oxygen atoms in total. The number of H-pyrrole nitrogens is 1. The van der Waals surface area contributed by atoms with Gasteiger partial charge in [0, 0.05) is 29.8 Å². The molecule has 28 heavy (non-hydrogen) atoms. The number of nitrogens with zero attached hydrogens (tertiary/aromatic N) is 4. The van der Waals surface area contributed by atoms with Crippen LogP contribution < -0.4 is 11.0 Å². The van der Waals surface area contributed by atoms with Gasteiger partial charge in [-0.05, 0) is 6.07 Å². The minimum atomic E-state index is -0.834. The van der Waals surface area contributed by atoms with E-state index in [1.54, 1.807) is 6.07 Å². The number of aromatic nitrogens is 2. The average Bonchev–Trinajstić information content (AvgIpc) is 2.67. The van der Waals surface area contributed by atoms with E-state index in [1.165, 1.54) is 30.5 Å². The van der Waals surface area contributed by atoms with Crippen LogP contribution in [-0.2, 0) is 0 Å². The number of nitro groups is 2. The molecule has 0 bridgehead atoms. The van der Waals surface area contributed by atoms with Crippen molar-refractivity contribution in [1.82, 2.24) is 15.4 Å². The molecule has 0 aliphatic heterocycles. The first kappa shape index (κ1) is 18.3. The third-order valence-corrected chi connectivity index (χ3v) is 3.58. The van der Waals surface area contributed by atoms with E-state index in [2.05, 4.69) is 20.5 Å². The topological polar surface area (TPSA) is 173 Å². The lowest BCUT2D eigenvalue weighted by Gasteiger charge is -2.02. The molecule has 2 N–H and O–H groups in total. The van der Waals surface area contributed by atoms with Crippen molar-refractivity contribution in [3.8, 4) is 0 Å². The third-order valence-electron chi connectivity index (χ3n) is 3.58. The number of hydrogen-bond donors (Lipinski definition) is 2. The Morgan fingerprint density at radius 1 is 1.11 bits per heavy atom. The van der Waals surface area contributed by atoms with E-state index in [-0.39, 0.29) is 28.1 Å². The molecule has 0 saturated carbocycles. The number of nitrogens with one attached hydrogen (secondary N) is 2. The average molecular weight is 382 g/mol. The van der Waals surface area contributed by atoms with Crippen molar-refractivity contribution >= 4 is 34.4 Å². The third kappa shape index (κ3) is 3.85. The largest absolute Gasteiger partial charge is 0.307 e. The highest BCUT2D eigenvalue weighted by Crippen LogP contribution is 2.16. The first-order valence-corrected chi connectivity index (χ1v) is 7.61. The monoisotopic (exact) mass is 382 g/mol. The summed E-state index contributed by atoms with van der Waals surface area (Å²) in [5.41, 5.74) is 1.48. The molecule has 0 unspecified atom stereocenters. The van der Waals surface area contributed by atoms with Crippen LogP contribution in [0.2, 0.25) is 0 Å². The zero-order valence-electron chi connectivity index (χ0n) is 13.9.